The minimum Gasteiger partial charge on any atom is -0.365 e. The normalized spacial score (nSPS) is 20.9. The molecule has 4 unspecified atom stereocenters. The van der Waals surface area contributed by atoms with Crippen LogP contribution in [0, 0.1) is 0 Å². The molecule has 0 saturated heterocycles. The standard InChI is InChI=1S/C30H26N4O2P2/c35-13-37-29-32-26-10-8-20-19-4-5-21-17(18(19)6-7-22(20)27(26)33-29)3-1-15-12-24-16(11-23(15)21)2-9-25-28(24)34-30(31-25)38-14-36/h1,3,6-7,11-14,26-27,37-38H,2,4-5,8-10H2,(H,31,34)(H,32,33). The summed E-state index contributed by atoms with van der Waals surface area (Å²) in [5, 5.41) is 6.12. The van der Waals surface area contributed by atoms with E-state index in [1.807, 2.05) is 0 Å². The van der Waals surface area contributed by atoms with Crippen molar-refractivity contribution in [2.24, 2.45) is 4.99 Å². The Hall–Kier alpha value is -3.20. The molecule has 4 aromatic rings. The molecule has 8 rings (SSSR count). The SMILES string of the molecule is O=CPC1=NC2c3ccc4c(c3CCC2N1)CCc1c-4ccc2cc3c(cc12)CCc1[nH]c(PC=O)nc1-3. The van der Waals surface area contributed by atoms with Gasteiger partial charge in [0.2, 0.25) is 0 Å². The molecular weight excluding hydrogens is 510 g/mol. The van der Waals surface area contributed by atoms with Crippen molar-refractivity contribution in [2.75, 3.05) is 0 Å². The molecule has 0 fully saturated rings. The number of rotatable bonds is 4. The number of benzene rings is 3. The third-order valence-electron chi connectivity index (χ3n) is 8.80. The van der Waals surface area contributed by atoms with Gasteiger partial charge >= 0.3 is 0 Å². The van der Waals surface area contributed by atoms with Crippen LogP contribution in [0.4, 0.5) is 0 Å². The molecule has 188 valence electrons. The van der Waals surface area contributed by atoms with Crippen LogP contribution in [0.1, 0.15) is 46.0 Å². The van der Waals surface area contributed by atoms with Crippen LogP contribution in [0.5, 0.6) is 0 Å². The Kier molecular flexibility index (Phi) is 5.19. The van der Waals surface area contributed by atoms with Crippen LogP contribution in [-0.4, -0.2) is 33.6 Å². The zero-order chi connectivity index (χ0) is 25.4. The molecule has 1 aromatic heterocycles. The average Bonchev–Trinajstić information content (AvgIpc) is 3.55. The van der Waals surface area contributed by atoms with E-state index >= 15 is 0 Å². The lowest BCUT2D eigenvalue weighted by atomic mass is 9.75. The molecule has 0 bridgehead atoms. The van der Waals surface area contributed by atoms with Crippen LogP contribution in [0.25, 0.3) is 33.2 Å². The largest absolute Gasteiger partial charge is 0.365 e. The summed E-state index contributed by atoms with van der Waals surface area (Å²) >= 11 is 0. The van der Waals surface area contributed by atoms with Crippen LogP contribution in [0.15, 0.2) is 41.4 Å². The molecule has 2 N–H and O–H groups in total. The van der Waals surface area contributed by atoms with Crippen LogP contribution >= 0.6 is 17.2 Å². The van der Waals surface area contributed by atoms with E-state index in [-0.39, 0.29) is 23.2 Å². The molecule has 8 heteroatoms. The highest BCUT2D eigenvalue weighted by molar-refractivity contribution is 7.71. The Morgan fingerprint density at radius 2 is 1.68 bits per heavy atom. The summed E-state index contributed by atoms with van der Waals surface area (Å²) in [7, 11) is 0.188. The van der Waals surface area contributed by atoms with Gasteiger partial charge in [-0.25, -0.2) is 4.98 Å². The lowest BCUT2D eigenvalue weighted by Gasteiger charge is -2.32. The van der Waals surface area contributed by atoms with Crippen molar-refractivity contribution in [1.29, 1.82) is 0 Å². The summed E-state index contributed by atoms with van der Waals surface area (Å²) in [6, 6.07) is 16.3. The molecule has 0 radical (unpaired) electrons. The number of carbonyl (C=O) groups excluding carboxylic acids is 2. The second kappa shape index (κ2) is 8.66. The third-order valence-corrected chi connectivity index (χ3v) is 10.1. The number of amidine groups is 1. The van der Waals surface area contributed by atoms with Gasteiger partial charge in [0, 0.05) is 28.4 Å². The van der Waals surface area contributed by atoms with E-state index in [4.69, 9.17) is 9.98 Å². The Labute approximate surface area is 223 Å². The van der Waals surface area contributed by atoms with Gasteiger partial charge in [0.1, 0.15) is 23.2 Å². The van der Waals surface area contributed by atoms with Crippen LogP contribution in [0.2, 0.25) is 0 Å². The zero-order valence-electron chi connectivity index (χ0n) is 20.7. The molecule has 6 nitrogen and oxygen atoms in total. The summed E-state index contributed by atoms with van der Waals surface area (Å²) in [4.78, 5) is 35.1. The van der Waals surface area contributed by atoms with E-state index in [9.17, 15) is 9.59 Å². The van der Waals surface area contributed by atoms with Gasteiger partial charge < -0.3 is 10.3 Å². The summed E-state index contributed by atoms with van der Waals surface area (Å²) < 4.78 is 0. The fraction of sp³-hybridized carbons (Fsp3) is 0.267. The van der Waals surface area contributed by atoms with Crippen molar-refractivity contribution in [3.05, 3.63) is 69.9 Å². The quantitative estimate of drug-likeness (QED) is 0.291. The van der Waals surface area contributed by atoms with Gasteiger partial charge in [-0.3, -0.25) is 14.6 Å². The van der Waals surface area contributed by atoms with E-state index in [2.05, 4.69) is 46.7 Å². The van der Waals surface area contributed by atoms with E-state index < -0.39 is 0 Å². The van der Waals surface area contributed by atoms with Crippen LogP contribution in [0.3, 0.4) is 0 Å². The molecular formula is C30H26N4O2P2. The van der Waals surface area contributed by atoms with Crippen LogP contribution < -0.4 is 10.9 Å². The Morgan fingerprint density at radius 1 is 0.842 bits per heavy atom. The number of fused-ring (bicyclic) bond motifs is 12. The first-order valence-electron chi connectivity index (χ1n) is 13.3. The number of aromatic nitrogens is 2. The number of hydrogen-bond acceptors (Lipinski definition) is 5. The number of aliphatic imine (C=N–C) groups is 1. The number of nitrogens with zero attached hydrogens (tertiary/aromatic N) is 2. The predicted molar refractivity (Wildman–Crippen MR) is 157 cm³/mol. The number of aryl methyl sites for hydroxylation is 3. The molecule has 0 saturated carbocycles. The van der Waals surface area contributed by atoms with Gasteiger partial charge in [-0.2, -0.15) is 0 Å². The second-order valence-electron chi connectivity index (χ2n) is 10.6. The lowest BCUT2D eigenvalue weighted by molar-refractivity contribution is 0.476. The maximum atomic E-state index is 11.0. The Bertz CT molecular complexity index is 1720. The van der Waals surface area contributed by atoms with Crippen molar-refractivity contribution in [3.8, 4) is 22.4 Å². The summed E-state index contributed by atoms with van der Waals surface area (Å²) in [6.45, 7) is 0. The lowest BCUT2D eigenvalue weighted by Crippen LogP contribution is -2.34. The monoisotopic (exact) mass is 536 g/mol. The topological polar surface area (TPSA) is 87.2 Å². The van der Waals surface area contributed by atoms with Gasteiger partial charge in [-0.15, -0.1) is 0 Å². The molecule has 1 aliphatic heterocycles. The van der Waals surface area contributed by atoms with Gasteiger partial charge in [-0.05, 0) is 94.3 Å². The summed E-state index contributed by atoms with van der Waals surface area (Å²) in [5.41, 5.74) is 14.9. The molecule has 0 amide bonds. The van der Waals surface area contributed by atoms with Gasteiger partial charge in [0.15, 0.2) is 0 Å². The number of H-pyrrole nitrogens is 1. The van der Waals surface area contributed by atoms with Gasteiger partial charge in [0.25, 0.3) is 0 Å². The predicted octanol–water partition coefficient (Wildman–Crippen LogP) is 4.77. The van der Waals surface area contributed by atoms with Crippen LogP contribution in [-0.2, 0) is 41.7 Å². The van der Waals surface area contributed by atoms with E-state index in [1.54, 1.807) is 0 Å². The summed E-state index contributed by atoms with van der Waals surface area (Å²) in [6.07, 6.45) is 6.14. The maximum absolute atomic E-state index is 11.0. The molecule has 3 aromatic carbocycles. The molecule has 4 aliphatic rings. The van der Waals surface area contributed by atoms with Gasteiger partial charge in [-0.1, -0.05) is 30.3 Å². The highest BCUT2D eigenvalue weighted by Crippen LogP contribution is 2.46. The fourth-order valence-electron chi connectivity index (χ4n) is 7.17. The van der Waals surface area contributed by atoms with Crippen molar-refractivity contribution in [2.45, 2.75) is 50.6 Å². The summed E-state index contributed by atoms with van der Waals surface area (Å²) in [5.74, 6) is 0. The number of carbonyl (C=O) groups is 2. The first kappa shape index (κ1) is 22.8. The van der Waals surface area contributed by atoms with Gasteiger partial charge in [0.05, 0.1) is 17.8 Å². The number of hydrogen-bond donors (Lipinski definition) is 2. The van der Waals surface area contributed by atoms with Crippen molar-refractivity contribution < 1.29 is 9.59 Å². The smallest absolute Gasteiger partial charge is 0.146 e. The second-order valence-corrected chi connectivity index (χ2v) is 12.6. The Balaban J connectivity index is 1.22. The fourth-order valence-corrected chi connectivity index (χ4v) is 8.27. The van der Waals surface area contributed by atoms with Crippen molar-refractivity contribution in [3.63, 3.8) is 0 Å². The van der Waals surface area contributed by atoms with Crippen molar-refractivity contribution >= 4 is 51.1 Å². The molecule has 2 heterocycles. The van der Waals surface area contributed by atoms with E-state index in [0.29, 0.717) is 6.04 Å². The number of aromatic amines is 1. The molecule has 38 heavy (non-hydrogen) atoms. The third kappa shape index (κ3) is 3.33. The molecule has 0 spiro atoms. The zero-order valence-corrected chi connectivity index (χ0v) is 22.7. The van der Waals surface area contributed by atoms with E-state index in [1.165, 1.54) is 55.3 Å². The van der Waals surface area contributed by atoms with E-state index in [0.717, 1.165) is 73.1 Å². The number of imidazole rings is 1. The molecule has 3 aliphatic carbocycles. The minimum absolute atomic E-state index is 0.0723. The first-order valence-corrected chi connectivity index (χ1v) is 15.4. The number of nitrogens with one attached hydrogen (secondary N) is 2. The minimum atomic E-state index is 0.0723. The first-order chi connectivity index (χ1) is 18.7. The average molecular weight is 537 g/mol. The molecule has 4 atom stereocenters. The Morgan fingerprint density at radius 3 is 2.58 bits per heavy atom. The highest BCUT2D eigenvalue weighted by Gasteiger charge is 2.36. The maximum Gasteiger partial charge on any atom is 0.146 e. The highest BCUT2D eigenvalue weighted by atomic mass is 31.1. The van der Waals surface area contributed by atoms with Crippen molar-refractivity contribution in [1.82, 2.24) is 15.3 Å².